The Morgan fingerprint density at radius 3 is 2.23 bits per heavy atom. The van der Waals surface area contributed by atoms with Gasteiger partial charge in [0, 0.05) is 31.0 Å². The maximum Gasteiger partial charge on any atom is 0.277 e. The van der Waals surface area contributed by atoms with E-state index in [0.717, 1.165) is 17.5 Å². The molecule has 3 aromatic carbocycles. The van der Waals surface area contributed by atoms with Crippen LogP contribution >= 0.6 is 0 Å². The smallest absolute Gasteiger partial charge is 0.277 e. The van der Waals surface area contributed by atoms with Gasteiger partial charge < -0.3 is 19.2 Å². The number of aromatic hydroxyl groups is 1. The van der Waals surface area contributed by atoms with Crippen LogP contribution in [0.3, 0.4) is 0 Å². The average Bonchev–Trinajstić information content (AvgIpc) is 3.80. The van der Waals surface area contributed by atoms with Crippen molar-refractivity contribution < 1.29 is 19.1 Å². The van der Waals surface area contributed by atoms with Crippen molar-refractivity contribution in [3.8, 4) is 11.5 Å². The summed E-state index contributed by atoms with van der Waals surface area (Å²) in [6, 6.07) is 27.8. The second kappa shape index (κ2) is 13.0. The molecule has 0 radical (unpaired) electrons. The molecule has 1 saturated carbocycles. The average molecular weight is 652 g/mol. The molecule has 1 aromatic heterocycles. The molecule has 1 fully saturated rings. The van der Waals surface area contributed by atoms with Crippen molar-refractivity contribution in [3.63, 3.8) is 0 Å². The van der Waals surface area contributed by atoms with Gasteiger partial charge in [0.2, 0.25) is 5.43 Å². The van der Waals surface area contributed by atoms with Gasteiger partial charge >= 0.3 is 0 Å². The van der Waals surface area contributed by atoms with Crippen molar-refractivity contribution >= 4 is 14.2 Å². The molecule has 246 valence electrons. The number of rotatable bonds is 11. The first kappa shape index (κ1) is 32.6. The molecule has 2 aliphatic rings. The predicted molar refractivity (Wildman–Crippen MR) is 187 cm³/mol. The van der Waals surface area contributed by atoms with Gasteiger partial charge in [-0.15, -0.1) is 0 Å². The summed E-state index contributed by atoms with van der Waals surface area (Å²) in [6.45, 7) is 12.9. The molecule has 0 spiro atoms. The lowest BCUT2D eigenvalue weighted by atomic mass is 9.97. The van der Waals surface area contributed by atoms with Gasteiger partial charge in [-0.2, -0.15) is 0 Å². The van der Waals surface area contributed by atoms with Crippen LogP contribution in [0.5, 0.6) is 11.5 Å². The summed E-state index contributed by atoms with van der Waals surface area (Å²) in [4.78, 5) is 29.6. The minimum absolute atomic E-state index is 0.0220. The van der Waals surface area contributed by atoms with Crippen LogP contribution in [0.1, 0.15) is 60.4 Å². The summed E-state index contributed by atoms with van der Waals surface area (Å²) in [7, 11) is -1.89. The maximum atomic E-state index is 14.4. The van der Waals surface area contributed by atoms with Gasteiger partial charge in [0.25, 0.3) is 5.91 Å². The number of phenolic OH excluding ortho intramolecular Hbond substituents is 1. The molecule has 8 nitrogen and oxygen atoms in total. The zero-order chi connectivity index (χ0) is 33.3. The van der Waals surface area contributed by atoms with Gasteiger partial charge in [-0.3, -0.25) is 19.3 Å². The molecule has 2 unspecified atom stereocenters. The van der Waals surface area contributed by atoms with Crippen molar-refractivity contribution in [3.05, 3.63) is 130 Å². The summed E-state index contributed by atoms with van der Waals surface area (Å²) in [5, 5.41) is 13.3. The zero-order valence-electron chi connectivity index (χ0n) is 27.9. The molecule has 9 heteroatoms. The monoisotopic (exact) mass is 651 g/mol. The number of carbonyl (C=O) groups excluding carboxylic acids is 1. The van der Waals surface area contributed by atoms with E-state index in [2.05, 4.69) is 33.9 Å². The lowest BCUT2D eigenvalue weighted by molar-refractivity contribution is 0.0662. The quantitative estimate of drug-likeness (QED) is 0.177. The van der Waals surface area contributed by atoms with Crippen molar-refractivity contribution in [1.29, 1.82) is 0 Å². The number of amides is 1. The van der Waals surface area contributed by atoms with Crippen LogP contribution in [0.15, 0.2) is 102 Å². The van der Waals surface area contributed by atoms with Crippen molar-refractivity contribution in [2.45, 2.75) is 58.0 Å². The summed E-state index contributed by atoms with van der Waals surface area (Å²) >= 11 is 0. The Kier molecular flexibility index (Phi) is 9.05. The molecule has 6 rings (SSSR count). The minimum atomic E-state index is -1.89. The number of pyridine rings is 1. The normalized spacial score (nSPS) is 18.5. The molecular formula is C38H45N3O5Si. The molecule has 1 N–H and O–H groups in total. The molecule has 3 atom stereocenters. The summed E-state index contributed by atoms with van der Waals surface area (Å²) in [5.74, 6) is 0.595. The molecule has 2 heterocycles. The van der Waals surface area contributed by atoms with Crippen LogP contribution < -0.4 is 15.2 Å². The van der Waals surface area contributed by atoms with Gasteiger partial charge in [0.05, 0.1) is 0 Å². The van der Waals surface area contributed by atoms with Gasteiger partial charge in [0.15, 0.2) is 19.8 Å². The Hall–Kier alpha value is -4.34. The van der Waals surface area contributed by atoms with Crippen molar-refractivity contribution in [1.82, 2.24) is 9.58 Å². The molecule has 1 amide bonds. The molecule has 47 heavy (non-hydrogen) atoms. The van der Waals surface area contributed by atoms with E-state index in [-0.39, 0.29) is 46.8 Å². The highest BCUT2D eigenvalue weighted by Gasteiger charge is 2.45. The van der Waals surface area contributed by atoms with Crippen molar-refractivity contribution in [2.24, 2.45) is 11.8 Å². The predicted octanol–water partition coefficient (Wildman–Crippen LogP) is 6.93. The number of nitrogens with zero attached hydrogens (tertiary/aromatic N) is 3. The molecular weight excluding hydrogens is 607 g/mol. The lowest BCUT2D eigenvalue weighted by Gasteiger charge is -2.44. The van der Waals surface area contributed by atoms with E-state index < -0.39 is 14.4 Å². The van der Waals surface area contributed by atoms with E-state index in [4.69, 9.17) is 9.16 Å². The third-order valence-corrected chi connectivity index (χ3v) is 14.5. The standard InChI is InChI=1S/C38H45N3O5Si/c1-38(2,3)47(4,5)46-25-30-22-29(30)23-39-26-41(34(28-16-10-7-11-17-28)31-18-12-13-19-32(31)42)40-21-20-33(43)36(35(40)37(39)44)45-24-27-14-8-6-9-15-27/h6-21,29-30,34,42H,22-26H2,1-5H3/t29?,30-,34?/m0/s1. The first-order chi connectivity index (χ1) is 22.4. The molecule has 4 aromatic rings. The highest BCUT2D eigenvalue weighted by Crippen LogP contribution is 2.44. The highest BCUT2D eigenvalue weighted by atomic mass is 28.4. The van der Waals surface area contributed by atoms with Crippen LogP contribution in [0, 0.1) is 11.8 Å². The number of phenols is 1. The lowest BCUT2D eigenvalue weighted by Crippen LogP contribution is -2.56. The first-order valence-electron chi connectivity index (χ1n) is 16.4. The van der Waals surface area contributed by atoms with E-state index in [0.29, 0.717) is 30.6 Å². The number of aromatic nitrogens is 1. The van der Waals surface area contributed by atoms with Crippen LogP contribution in [-0.2, 0) is 11.0 Å². The van der Waals surface area contributed by atoms with Gasteiger partial charge in [-0.25, -0.2) is 0 Å². The Balaban J connectivity index is 1.37. The number of ether oxygens (including phenoxy) is 1. The second-order valence-electron chi connectivity index (χ2n) is 14.3. The van der Waals surface area contributed by atoms with Crippen LogP contribution in [-0.4, -0.2) is 48.7 Å². The van der Waals surface area contributed by atoms with Crippen LogP contribution in [0.4, 0.5) is 0 Å². The van der Waals surface area contributed by atoms with Crippen molar-refractivity contribution in [2.75, 3.05) is 24.8 Å². The van der Waals surface area contributed by atoms with E-state index >= 15 is 0 Å². The summed E-state index contributed by atoms with van der Waals surface area (Å²) in [5.41, 5.74) is 2.35. The fraction of sp³-hybridized carbons (Fsp3) is 0.368. The highest BCUT2D eigenvalue weighted by molar-refractivity contribution is 6.74. The Bertz CT molecular complexity index is 1770. The first-order valence-corrected chi connectivity index (χ1v) is 19.3. The van der Waals surface area contributed by atoms with Gasteiger partial charge in [0.1, 0.15) is 25.1 Å². The third-order valence-electron chi connectivity index (χ3n) is 9.98. The van der Waals surface area contributed by atoms with Crippen LogP contribution in [0.2, 0.25) is 18.1 Å². The maximum absolute atomic E-state index is 14.4. The third kappa shape index (κ3) is 6.87. The molecule has 0 bridgehead atoms. The molecule has 1 aliphatic carbocycles. The molecule has 1 aliphatic heterocycles. The number of para-hydroxylation sites is 1. The van der Waals surface area contributed by atoms with Gasteiger partial charge in [-0.1, -0.05) is 99.6 Å². The zero-order valence-corrected chi connectivity index (χ0v) is 28.9. The van der Waals surface area contributed by atoms with E-state index in [1.807, 2.05) is 82.7 Å². The van der Waals surface area contributed by atoms with Gasteiger partial charge in [-0.05, 0) is 53.6 Å². The number of hydrogen-bond acceptors (Lipinski definition) is 6. The van der Waals surface area contributed by atoms with E-state index in [1.54, 1.807) is 23.0 Å². The topological polar surface area (TPSA) is 84.2 Å². The summed E-state index contributed by atoms with van der Waals surface area (Å²) < 4.78 is 14.5. The number of hydrogen-bond donors (Lipinski definition) is 1. The number of carbonyl (C=O) groups is 1. The Morgan fingerprint density at radius 2 is 1.55 bits per heavy atom. The second-order valence-corrected chi connectivity index (χ2v) is 19.1. The summed E-state index contributed by atoms with van der Waals surface area (Å²) in [6.07, 6.45) is 2.63. The minimum Gasteiger partial charge on any atom is -0.508 e. The van der Waals surface area contributed by atoms with Crippen LogP contribution in [0.25, 0.3) is 0 Å². The number of benzene rings is 3. The Labute approximate surface area is 278 Å². The number of fused-ring (bicyclic) bond motifs is 1. The van der Waals surface area contributed by atoms with E-state index in [9.17, 15) is 14.7 Å². The van der Waals surface area contributed by atoms with E-state index in [1.165, 1.54) is 6.07 Å². The molecule has 0 saturated heterocycles. The fourth-order valence-electron chi connectivity index (χ4n) is 6.01. The SMILES string of the molecule is CC(C)(C)[Si](C)(C)OC[C@@H]1CC1CN1CN(C(c2ccccc2)c2ccccc2O)n2ccc(=O)c(OCc3ccccc3)c2C1=O. The largest absolute Gasteiger partial charge is 0.508 e. The fourth-order valence-corrected chi connectivity index (χ4v) is 7.07. The Morgan fingerprint density at radius 1 is 0.894 bits per heavy atom.